The number of carboxylic acid groups (broad SMARTS) is 1. The molecule has 42 heavy (non-hydrogen) atoms. The number of aromatic nitrogens is 7. The number of carboxylic acids is 1. The van der Waals surface area contributed by atoms with Gasteiger partial charge in [0.25, 0.3) is 5.89 Å². The van der Waals surface area contributed by atoms with E-state index in [9.17, 15) is 19.8 Å². The van der Waals surface area contributed by atoms with Crippen LogP contribution in [0.1, 0.15) is 46.7 Å². The van der Waals surface area contributed by atoms with E-state index in [-0.39, 0.29) is 18.7 Å². The van der Waals surface area contributed by atoms with E-state index in [1.54, 1.807) is 36.7 Å². The van der Waals surface area contributed by atoms with Gasteiger partial charge in [0.05, 0.1) is 35.7 Å². The van der Waals surface area contributed by atoms with Crippen molar-refractivity contribution in [1.82, 2.24) is 40.9 Å². The molecule has 0 spiro atoms. The number of nitrogens with one attached hydrogen (secondary N) is 2. The first-order valence-corrected chi connectivity index (χ1v) is 13.3. The van der Waals surface area contributed by atoms with Crippen molar-refractivity contribution in [3.05, 3.63) is 95.6 Å². The molecule has 0 bridgehead atoms. The Morgan fingerprint density at radius 3 is 2.45 bits per heavy atom. The average Bonchev–Trinajstić information content (AvgIpc) is 3.68. The van der Waals surface area contributed by atoms with Crippen LogP contribution in [0.4, 0.5) is 0 Å². The molecule has 0 radical (unpaired) electrons. The first-order chi connectivity index (χ1) is 20.4. The molecular formula is C29H28N8O5. The standard InChI is InChI=1S/C29H28N8O5/c1-2-8-21-24(14-18-15-31-23(16-30-18)19-11-6-7-12-20(19)26-34-36-37-35-26)42-28(33-21)27(39)32-22(25(38)29(40)41)13-17-9-4-3-5-10-17/h3-7,9-12,15-16,22,25,38H,2,8,13-14H2,1H3,(H,32,39)(H,40,41)(H,34,35,36,37). The topological polar surface area (TPSA) is 193 Å². The number of aryl methyl sites for hydroxylation is 1. The number of oxazole rings is 1. The summed E-state index contributed by atoms with van der Waals surface area (Å²) >= 11 is 0. The lowest BCUT2D eigenvalue weighted by Crippen LogP contribution is -2.48. The van der Waals surface area contributed by atoms with Gasteiger partial charge in [-0.25, -0.2) is 9.78 Å². The summed E-state index contributed by atoms with van der Waals surface area (Å²) < 4.78 is 5.86. The molecule has 5 rings (SSSR count). The van der Waals surface area contributed by atoms with Crippen LogP contribution in [0.5, 0.6) is 0 Å². The Labute approximate surface area is 240 Å². The van der Waals surface area contributed by atoms with Crippen LogP contribution in [0.15, 0.2) is 71.4 Å². The first kappa shape index (κ1) is 28.2. The number of hydrogen-bond acceptors (Lipinski definition) is 10. The minimum atomic E-state index is -1.82. The van der Waals surface area contributed by atoms with E-state index in [0.29, 0.717) is 35.1 Å². The number of amides is 1. The molecule has 1 amide bonds. The van der Waals surface area contributed by atoms with Crippen LogP contribution in [0.3, 0.4) is 0 Å². The van der Waals surface area contributed by atoms with Gasteiger partial charge in [0.2, 0.25) is 5.82 Å². The zero-order chi connectivity index (χ0) is 29.5. The Hall–Kier alpha value is -5.30. The Balaban J connectivity index is 1.34. The number of carbonyl (C=O) groups excluding carboxylic acids is 1. The molecule has 0 saturated carbocycles. The van der Waals surface area contributed by atoms with Crippen molar-refractivity contribution in [3.63, 3.8) is 0 Å². The summed E-state index contributed by atoms with van der Waals surface area (Å²) in [6, 6.07) is 15.4. The molecule has 4 N–H and O–H groups in total. The lowest BCUT2D eigenvalue weighted by molar-refractivity contribution is -0.148. The number of tetrazole rings is 1. The third kappa shape index (κ3) is 6.53. The zero-order valence-electron chi connectivity index (χ0n) is 22.6. The molecule has 0 aliphatic heterocycles. The predicted octanol–water partition coefficient (Wildman–Crippen LogP) is 2.64. The van der Waals surface area contributed by atoms with Gasteiger partial charge < -0.3 is 19.9 Å². The fourth-order valence-corrected chi connectivity index (χ4v) is 4.49. The van der Waals surface area contributed by atoms with Gasteiger partial charge in [-0.1, -0.05) is 67.9 Å². The lowest BCUT2D eigenvalue weighted by Gasteiger charge is -2.20. The van der Waals surface area contributed by atoms with Crippen LogP contribution in [0.25, 0.3) is 22.6 Å². The predicted molar refractivity (Wildman–Crippen MR) is 149 cm³/mol. The van der Waals surface area contributed by atoms with Crippen LogP contribution in [-0.4, -0.2) is 69.8 Å². The van der Waals surface area contributed by atoms with E-state index in [0.717, 1.165) is 23.1 Å². The minimum absolute atomic E-state index is 0.104. The number of aliphatic hydroxyl groups excluding tert-OH is 1. The summed E-state index contributed by atoms with van der Waals surface area (Å²) in [7, 11) is 0. The van der Waals surface area contributed by atoms with E-state index >= 15 is 0 Å². The summed E-state index contributed by atoms with van der Waals surface area (Å²) in [5, 5.41) is 36.4. The van der Waals surface area contributed by atoms with Gasteiger partial charge in [0, 0.05) is 17.3 Å². The summed E-state index contributed by atoms with van der Waals surface area (Å²) in [6.45, 7) is 1.98. The highest BCUT2D eigenvalue weighted by atomic mass is 16.4. The lowest BCUT2D eigenvalue weighted by atomic mass is 10.0. The first-order valence-electron chi connectivity index (χ1n) is 13.3. The van der Waals surface area contributed by atoms with Gasteiger partial charge in [0.1, 0.15) is 5.76 Å². The molecule has 3 heterocycles. The number of aliphatic hydroxyl groups is 1. The van der Waals surface area contributed by atoms with Gasteiger partial charge in [-0.2, -0.15) is 5.21 Å². The highest BCUT2D eigenvalue weighted by molar-refractivity contribution is 5.90. The Morgan fingerprint density at radius 2 is 1.79 bits per heavy atom. The third-order valence-corrected chi connectivity index (χ3v) is 6.54. The second kappa shape index (κ2) is 12.9. The number of aliphatic carboxylic acids is 1. The van der Waals surface area contributed by atoms with Crippen molar-refractivity contribution in [3.8, 4) is 22.6 Å². The van der Waals surface area contributed by atoms with Crippen LogP contribution in [0.2, 0.25) is 0 Å². The second-order valence-electron chi connectivity index (χ2n) is 9.54. The number of nitrogens with zero attached hydrogens (tertiary/aromatic N) is 6. The monoisotopic (exact) mass is 568 g/mol. The average molecular weight is 569 g/mol. The molecule has 2 atom stereocenters. The van der Waals surface area contributed by atoms with Crippen molar-refractivity contribution in [2.24, 2.45) is 0 Å². The van der Waals surface area contributed by atoms with E-state index in [2.05, 4.69) is 40.9 Å². The zero-order valence-corrected chi connectivity index (χ0v) is 22.6. The molecule has 2 unspecified atom stereocenters. The molecule has 5 aromatic rings. The van der Waals surface area contributed by atoms with Crippen molar-refractivity contribution < 1.29 is 24.2 Å². The molecular weight excluding hydrogens is 540 g/mol. The van der Waals surface area contributed by atoms with Gasteiger partial charge in [-0.05, 0) is 23.6 Å². The number of hydrogen-bond donors (Lipinski definition) is 4. The molecule has 214 valence electrons. The molecule has 3 aromatic heterocycles. The van der Waals surface area contributed by atoms with Crippen LogP contribution in [-0.2, 0) is 24.1 Å². The third-order valence-electron chi connectivity index (χ3n) is 6.54. The molecule has 13 nitrogen and oxygen atoms in total. The van der Waals surface area contributed by atoms with Crippen molar-refractivity contribution >= 4 is 11.9 Å². The van der Waals surface area contributed by atoms with Crippen molar-refractivity contribution in [1.29, 1.82) is 0 Å². The SMILES string of the molecule is CCCc1nc(C(=O)NC(Cc2ccccc2)C(O)C(=O)O)oc1Cc1cnc(-c2ccccc2-c2nn[nH]n2)cn1. The second-order valence-corrected chi connectivity index (χ2v) is 9.54. The molecule has 13 heteroatoms. The van der Waals surface area contributed by atoms with Crippen molar-refractivity contribution in [2.45, 2.75) is 44.8 Å². The van der Waals surface area contributed by atoms with Crippen LogP contribution in [0, 0.1) is 0 Å². The van der Waals surface area contributed by atoms with Gasteiger partial charge in [0.15, 0.2) is 6.10 Å². The maximum Gasteiger partial charge on any atom is 0.334 e. The Kier molecular flexibility index (Phi) is 8.68. The fraction of sp³-hybridized carbons (Fsp3) is 0.241. The van der Waals surface area contributed by atoms with E-state index in [1.807, 2.05) is 37.3 Å². The minimum Gasteiger partial charge on any atom is -0.479 e. The number of carbonyl (C=O) groups is 2. The van der Waals surface area contributed by atoms with Crippen LogP contribution >= 0.6 is 0 Å². The molecule has 0 aliphatic rings. The van der Waals surface area contributed by atoms with E-state index in [4.69, 9.17) is 4.42 Å². The van der Waals surface area contributed by atoms with E-state index in [1.165, 1.54) is 0 Å². The van der Waals surface area contributed by atoms with Gasteiger partial charge >= 0.3 is 11.9 Å². The Morgan fingerprint density at radius 1 is 1.02 bits per heavy atom. The molecule has 0 aliphatic carbocycles. The fourth-order valence-electron chi connectivity index (χ4n) is 4.49. The molecule has 0 fully saturated rings. The summed E-state index contributed by atoms with van der Waals surface area (Å²) in [6.07, 6.45) is 3.09. The number of benzene rings is 2. The summed E-state index contributed by atoms with van der Waals surface area (Å²) in [5.74, 6) is -1.50. The largest absolute Gasteiger partial charge is 0.479 e. The quantitative estimate of drug-likeness (QED) is 0.173. The number of aromatic amines is 1. The van der Waals surface area contributed by atoms with Gasteiger partial charge in [-0.15, -0.1) is 10.2 Å². The number of rotatable bonds is 12. The molecule has 2 aromatic carbocycles. The normalized spacial score (nSPS) is 12.5. The summed E-state index contributed by atoms with van der Waals surface area (Å²) in [4.78, 5) is 38.1. The van der Waals surface area contributed by atoms with Crippen LogP contribution < -0.4 is 5.32 Å². The van der Waals surface area contributed by atoms with E-state index < -0.39 is 24.0 Å². The maximum atomic E-state index is 13.1. The highest BCUT2D eigenvalue weighted by Gasteiger charge is 2.30. The molecule has 0 saturated heterocycles. The van der Waals surface area contributed by atoms with Gasteiger partial charge in [-0.3, -0.25) is 14.8 Å². The number of H-pyrrole nitrogens is 1. The summed E-state index contributed by atoms with van der Waals surface area (Å²) in [5.41, 5.74) is 4.10. The highest BCUT2D eigenvalue weighted by Crippen LogP contribution is 2.28. The Bertz CT molecular complexity index is 1640. The van der Waals surface area contributed by atoms with Crippen molar-refractivity contribution in [2.75, 3.05) is 0 Å². The smallest absolute Gasteiger partial charge is 0.334 e. The maximum absolute atomic E-state index is 13.1.